The van der Waals surface area contributed by atoms with Crippen LogP contribution in [0.15, 0.2) is 83.6 Å². The zero-order chi connectivity index (χ0) is 22.9. The molecule has 0 radical (unpaired) electrons. The minimum absolute atomic E-state index is 0.00174. The van der Waals surface area contributed by atoms with E-state index in [0.717, 1.165) is 22.3 Å². The van der Waals surface area contributed by atoms with Crippen molar-refractivity contribution in [2.75, 3.05) is 31.1 Å². The normalized spacial score (nSPS) is 14.0. The molecule has 4 heterocycles. The van der Waals surface area contributed by atoms with Gasteiger partial charge >= 0.3 is 0 Å². The van der Waals surface area contributed by atoms with Gasteiger partial charge in [0.05, 0.1) is 5.39 Å². The Bertz CT molecular complexity index is 1420. The fourth-order valence-electron chi connectivity index (χ4n) is 4.21. The maximum absolute atomic E-state index is 13.3. The van der Waals surface area contributed by atoms with Gasteiger partial charge in [-0.05, 0) is 36.4 Å². The van der Waals surface area contributed by atoms with E-state index in [4.69, 9.17) is 4.52 Å². The van der Waals surface area contributed by atoms with Gasteiger partial charge in [0.15, 0.2) is 17.4 Å². The number of aromatic nitrogens is 5. The second kappa shape index (κ2) is 8.43. The Morgan fingerprint density at radius 3 is 2.38 bits per heavy atom. The molecule has 0 N–H and O–H groups in total. The van der Waals surface area contributed by atoms with Crippen molar-refractivity contribution < 1.29 is 9.32 Å². The fourth-order valence-corrected chi connectivity index (χ4v) is 4.21. The van der Waals surface area contributed by atoms with E-state index in [2.05, 4.69) is 25.4 Å². The van der Waals surface area contributed by atoms with Crippen LogP contribution >= 0.6 is 0 Å². The third-order valence-corrected chi connectivity index (χ3v) is 6.03. The highest BCUT2D eigenvalue weighted by molar-refractivity contribution is 6.01. The topological polar surface area (TPSA) is 93.2 Å². The summed E-state index contributed by atoms with van der Waals surface area (Å²) < 4.78 is 7.25. The third kappa shape index (κ3) is 3.66. The molecular weight excluding hydrogens is 430 g/mol. The molecule has 0 saturated carbocycles. The first-order valence-corrected chi connectivity index (χ1v) is 11.1. The fraction of sp³-hybridized carbons (Fsp3) is 0.160. The van der Waals surface area contributed by atoms with Gasteiger partial charge < -0.3 is 14.3 Å². The quantitative estimate of drug-likeness (QED) is 0.413. The van der Waals surface area contributed by atoms with E-state index in [9.17, 15) is 4.79 Å². The summed E-state index contributed by atoms with van der Waals surface area (Å²) in [5, 5.41) is 17.8. The summed E-state index contributed by atoms with van der Waals surface area (Å²) in [6.07, 6.45) is 3.53. The van der Waals surface area contributed by atoms with Crippen molar-refractivity contribution >= 4 is 22.6 Å². The number of piperazine rings is 1. The van der Waals surface area contributed by atoms with Crippen LogP contribution in [0.3, 0.4) is 0 Å². The van der Waals surface area contributed by atoms with Crippen LogP contribution in [0, 0.1) is 0 Å². The Morgan fingerprint density at radius 2 is 1.65 bits per heavy atom. The summed E-state index contributed by atoms with van der Waals surface area (Å²) in [6, 6.07) is 21.0. The van der Waals surface area contributed by atoms with Crippen molar-refractivity contribution in [3.63, 3.8) is 0 Å². The molecule has 0 unspecified atom stereocenters. The molecule has 3 aromatic heterocycles. The second-order valence-electron chi connectivity index (χ2n) is 8.09. The predicted molar refractivity (Wildman–Crippen MR) is 127 cm³/mol. The molecule has 0 bridgehead atoms. The minimum Gasteiger partial charge on any atom is -0.355 e. The van der Waals surface area contributed by atoms with Crippen LogP contribution in [0.5, 0.6) is 0 Å². The Balaban J connectivity index is 1.16. The Kier molecular flexibility index (Phi) is 4.99. The van der Waals surface area contributed by atoms with Gasteiger partial charge in [0.25, 0.3) is 5.91 Å². The van der Waals surface area contributed by atoms with Crippen LogP contribution in [0.1, 0.15) is 10.4 Å². The van der Waals surface area contributed by atoms with Crippen LogP contribution < -0.4 is 4.90 Å². The lowest BCUT2D eigenvalue weighted by atomic mass is 10.1. The number of amides is 1. The van der Waals surface area contributed by atoms with E-state index in [0.29, 0.717) is 43.3 Å². The average Bonchev–Trinajstić information content (AvgIpc) is 3.59. The number of hydrogen-bond donors (Lipinski definition) is 0. The first-order valence-electron chi connectivity index (χ1n) is 11.1. The van der Waals surface area contributed by atoms with Crippen molar-refractivity contribution in [1.82, 2.24) is 30.0 Å². The molecule has 168 valence electrons. The maximum atomic E-state index is 13.3. The van der Waals surface area contributed by atoms with Crippen LogP contribution in [-0.4, -0.2) is 62.1 Å². The molecule has 2 aromatic carbocycles. The summed E-state index contributed by atoms with van der Waals surface area (Å²) in [4.78, 5) is 17.3. The Morgan fingerprint density at radius 1 is 0.853 bits per heavy atom. The van der Waals surface area contributed by atoms with Gasteiger partial charge in [0.1, 0.15) is 5.52 Å². The molecule has 9 nitrogen and oxygen atoms in total. The number of carbonyl (C=O) groups is 1. The van der Waals surface area contributed by atoms with Crippen molar-refractivity contribution in [2.24, 2.45) is 0 Å². The zero-order valence-electron chi connectivity index (χ0n) is 18.3. The SMILES string of the molecule is O=C(c1ccc2noc(-c3ccccc3)c2c1)N1CCN(c2ccc(-n3cccn3)nn2)CC1. The molecule has 1 fully saturated rings. The van der Waals surface area contributed by atoms with Gasteiger partial charge in [0.2, 0.25) is 0 Å². The number of carbonyl (C=O) groups excluding carboxylic acids is 1. The van der Waals surface area contributed by atoms with Crippen LogP contribution in [-0.2, 0) is 0 Å². The van der Waals surface area contributed by atoms with Crippen LogP contribution in [0.4, 0.5) is 5.82 Å². The molecular formula is C25H21N7O2. The van der Waals surface area contributed by atoms with Gasteiger partial charge in [-0.3, -0.25) is 4.79 Å². The molecule has 1 saturated heterocycles. The van der Waals surface area contributed by atoms with E-state index >= 15 is 0 Å². The van der Waals surface area contributed by atoms with Crippen molar-refractivity contribution in [2.45, 2.75) is 0 Å². The van der Waals surface area contributed by atoms with Gasteiger partial charge in [-0.2, -0.15) is 5.10 Å². The molecule has 6 rings (SSSR count). The lowest BCUT2D eigenvalue weighted by molar-refractivity contribution is 0.0746. The second-order valence-corrected chi connectivity index (χ2v) is 8.09. The van der Waals surface area contributed by atoms with Gasteiger partial charge in [-0.15, -0.1) is 10.2 Å². The predicted octanol–water partition coefficient (Wildman–Crippen LogP) is 3.43. The highest BCUT2D eigenvalue weighted by atomic mass is 16.5. The number of hydrogen-bond acceptors (Lipinski definition) is 7. The van der Waals surface area contributed by atoms with Crippen molar-refractivity contribution in [3.05, 3.63) is 84.7 Å². The smallest absolute Gasteiger partial charge is 0.254 e. The Hall–Kier alpha value is -4.53. The number of fused-ring (bicyclic) bond motifs is 1. The van der Waals surface area contributed by atoms with Gasteiger partial charge in [0, 0.05) is 49.7 Å². The lowest BCUT2D eigenvalue weighted by Crippen LogP contribution is -2.49. The summed E-state index contributed by atoms with van der Waals surface area (Å²) in [5.74, 6) is 2.14. The molecule has 1 aliphatic rings. The summed E-state index contributed by atoms with van der Waals surface area (Å²) >= 11 is 0. The summed E-state index contributed by atoms with van der Waals surface area (Å²) in [5.41, 5.74) is 2.30. The van der Waals surface area contributed by atoms with E-state index in [-0.39, 0.29) is 5.91 Å². The summed E-state index contributed by atoms with van der Waals surface area (Å²) in [6.45, 7) is 2.59. The van der Waals surface area contributed by atoms with Crippen LogP contribution in [0.25, 0.3) is 28.0 Å². The number of rotatable bonds is 4. The summed E-state index contributed by atoms with van der Waals surface area (Å²) in [7, 11) is 0. The largest absolute Gasteiger partial charge is 0.355 e. The Labute approximate surface area is 195 Å². The average molecular weight is 451 g/mol. The molecule has 0 spiro atoms. The minimum atomic E-state index is 0.00174. The van der Waals surface area contributed by atoms with E-state index in [1.165, 1.54) is 0 Å². The highest BCUT2D eigenvalue weighted by Crippen LogP contribution is 2.29. The van der Waals surface area contributed by atoms with Crippen LogP contribution in [0.2, 0.25) is 0 Å². The number of benzene rings is 2. The number of anilines is 1. The van der Waals surface area contributed by atoms with E-state index in [1.807, 2.05) is 77.8 Å². The molecule has 1 amide bonds. The van der Waals surface area contributed by atoms with Crippen molar-refractivity contribution in [3.8, 4) is 17.1 Å². The third-order valence-electron chi connectivity index (χ3n) is 6.03. The molecule has 5 aromatic rings. The van der Waals surface area contributed by atoms with Crippen molar-refractivity contribution in [1.29, 1.82) is 0 Å². The maximum Gasteiger partial charge on any atom is 0.254 e. The zero-order valence-corrected chi connectivity index (χ0v) is 18.3. The molecule has 1 aliphatic heterocycles. The first kappa shape index (κ1) is 20.1. The molecule has 0 atom stereocenters. The first-order chi connectivity index (χ1) is 16.8. The standard InChI is InChI=1S/C25H21N7O2/c33-25(19-7-8-21-20(17-19)24(34-29-21)18-5-2-1-3-6-18)31-15-13-30(14-16-31)22-9-10-23(28-27-22)32-12-4-11-26-32/h1-12,17H,13-16H2. The molecule has 34 heavy (non-hydrogen) atoms. The van der Waals surface area contributed by atoms with E-state index < -0.39 is 0 Å². The molecule has 9 heteroatoms. The van der Waals surface area contributed by atoms with Gasteiger partial charge in [-0.25, -0.2) is 4.68 Å². The highest BCUT2D eigenvalue weighted by Gasteiger charge is 2.24. The number of nitrogens with zero attached hydrogens (tertiary/aromatic N) is 7. The monoisotopic (exact) mass is 451 g/mol. The molecule has 0 aliphatic carbocycles. The lowest BCUT2D eigenvalue weighted by Gasteiger charge is -2.35. The van der Waals surface area contributed by atoms with E-state index in [1.54, 1.807) is 10.9 Å². The van der Waals surface area contributed by atoms with Gasteiger partial charge in [-0.1, -0.05) is 35.5 Å².